The van der Waals surface area contributed by atoms with Crippen molar-refractivity contribution >= 4 is 35.5 Å². The number of carbonyl (C=O) groups excluding carboxylic acids is 4. The van der Waals surface area contributed by atoms with Crippen LogP contribution >= 0.6 is 11.6 Å². The topological polar surface area (TPSA) is 123 Å². The van der Waals surface area contributed by atoms with Crippen LogP contribution in [-0.4, -0.2) is 49.6 Å². The van der Waals surface area contributed by atoms with Gasteiger partial charge in [-0.05, 0) is 60.6 Å². The molecule has 2 aromatic carbocycles. The molecule has 9 nitrogen and oxygen atoms in total. The molecule has 2 fully saturated rings. The lowest BCUT2D eigenvalue weighted by Gasteiger charge is -2.35. The highest BCUT2D eigenvalue weighted by Gasteiger charge is 2.38. The summed E-state index contributed by atoms with van der Waals surface area (Å²) in [6.07, 6.45) is 4.16. The van der Waals surface area contributed by atoms with E-state index in [1.54, 1.807) is 30.3 Å². The number of hydrogen-bond donors (Lipinski definition) is 3. The molecule has 11 heteroatoms. The smallest absolute Gasteiger partial charge is 0.408 e. The molecule has 3 N–H and O–H groups in total. The van der Waals surface area contributed by atoms with Crippen LogP contribution < -0.4 is 16.0 Å². The minimum absolute atomic E-state index is 0.0836. The lowest BCUT2D eigenvalue weighted by Crippen LogP contribution is -2.53. The van der Waals surface area contributed by atoms with Gasteiger partial charge in [-0.1, -0.05) is 81.8 Å². The Bertz CT molecular complexity index is 1360. The normalized spacial score (nSPS) is 19.1. The summed E-state index contributed by atoms with van der Waals surface area (Å²) in [5.41, 5.74) is 0.351. The number of alkyl carbamates (subject to hydrolysis) is 1. The Labute approximate surface area is 268 Å². The molecule has 0 spiro atoms. The molecule has 45 heavy (non-hydrogen) atoms. The maximum absolute atomic E-state index is 14.4. The largest absolute Gasteiger partial charge is 0.467 e. The number of halogens is 2. The molecule has 0 bridgehead atoms. The highest BCUT2D eigenvalue weighted by atomic mass is 35.5. The van der Waals surface area contributed by atoms with Crippen molar-refractivity contribution in [2.24, 2.45) is 11.8 Å². The molecule has 1 aliphatic heterocycles. The molecular weight excluding hydrogens is 601 g/mol. The Hall–Kier alpha value is -3.66. The van der Waals surface area contributed by atoms with E-state index in [4.69, 9.17) is 21.1 Å². The quantitative estimate of drug-likeness (QED) is 0.253. The van der Waals surface area contributed by atoms with Gasteiger partial charge < -0.3 is 25.4 Å². The standard InChI is InChI=1S/C34H43ClFN3O6/c1-34(2,24-12-8-13-25(35)20-24)29(22-11-7-14-26(36)18-22)45-33(43)39-27(17-21-9-5-4-6-10-21)31(41)38-28(32(42)44-3)19-23-15-16-37-30(23)40/h7-8,11-14,18,20-21,23,27-29H,4-6,9-10,15-17,19H2,1-3H3,(H,37,40)(H,38,41)(H,39,43)/t23-,27?,28?,29?/m0/s1. The lowest BCUT2D eigenvalue weighted by molar-refractivity contribution is -0.146. The first-order chi connectivity index (χ1) is 21.5. The fraction of sp³-hybridized carbons (Fsp3) is 0.529. The molecule has 1 saturated carbocycles. The Morgan fingerprint density at radius 1 is 1.00 bits per heavy atom. The van der Waals surface area contributed by atoms with Crippen LogP contribution in [-0.2, 0) is 29.3 Å². The van der Waals surface area contributed by atoms with E-state index < -0.39 is 53.3 Å². The van der Waals surface area contributed by atoms with E-state index in [1.165, 1.54) is 19.2 Å². The zero-order valence-corrected chi connectivity index (χ0v) is 26.8. The molecule has 3 amide bonds. The predicted molar refractivity (Wildman–Crippen MR) is 168 cm³/mol. The van der Waals surface area contributed by atoms with Crippen molar-refractivity contribution in [3.63, 3.8) is 0 Å². The average Bonchev–Trinajstić information content (AvgIpc) is 3.43. The molecule has 4 rings (SSSR count). The van der Waals surface area contributed by atoms with Crippen LogP contribution in [0.2, 0.25) is 5.02 Å². The van der Waals surface area contributed by atoms with Gasteiger partial charge in [0.2, 0.25) is 11.8 Å². The average molecular weight is 644 g/mol. The summed E-state index contributed by atoms with van der Waals surface area (Å²) in [4.78, 5) is 52.2. The number of ether oxygens (including phenoxy) is 2. The van der Waals surface area contributed by atoms with Crippen LogP contribution in [0.3, 0.4) is 0 Å². The third-order valence-corrected chi connectivity index (χ3v) is 9.22. The molecule has 244 valence electrons. The molecule has 1 aliphatic carbocycles. The van der Waals surface area contributed by atoms with E-state index >= 15 is 0 Å². The molecule has 3 unspecified atom stereocenters. The molecule has 1 saturated heterocycles. The van der Waals surface area contributed by atoms with Crippen LogP contribution in [0.15, 0.2) is 48.5 Å². The maximum Gasteiger partial charge on any atom is 0.408 e. The first-order valence-electron chi connectivity index (χ1n) is 15.6. The first-order valence-corrected chi connectivity index (χ1v) is 16.0. The van der Waals surface area contributed by atoms with Gasteiger partial charge in [0.1, 0.15) is 24.0 Å². The highest BCUT2D eigenvalue weighted by molar-refractivity contribution is 6.30. The fourth-order valence-corrected chi connectivity index (χ4v) is 6.59. The van der Waals surface area contributed by atoms with Gasteiger partial charge in [-0.25, -0.2) is 14.0 Å². The van der Waals surface area contributed by atoms with E-state index in [0.29, 0.717) is 30.0 Å². The second-order valence-corrected chi connectivity index (χ2v) is 13.0. The minimum atomic E-state index is -1.06. The molecule has 2 aromatic rings. The number of benzene rings is 2. The highest BCUT2D eigenvalue weighted by Crippen LogP contribution is 2.40. The SMILES string of the molecule is COC(=O)C(C[C@@H]1CCNC1=O)NC(=O)C(CC1CCCCC1)NC(=O)OC(c1cccc(F)c1)C(C)(C)c1cccc(Cl)c1. The molecule has 4 atom stereocenters. The van der Waals surface area contributed by atoms with E-state index in [9.17, 15) is 23.6 Å². The third-order valence-electron chi connectivity index (χ3n) is 8.99. The molecular formula is C34H43ClFN3O6. The Morgan fingerprint density at radius 3 is 2.38 bits per heavy atom. The van der Waals surface area contributed by atoms with E-state index in [0.717, 1.165) is 37.7 Å². The number of hydrogen-bond acceptors (Lipinski definition) is 6. The summed E-state index contributed by atoms with van der Waals surface area (Å²) in [7, 11) is 1.22. The van der Waals surface area contributed by atoms with Crippen molar-refractivity contribution < 1.29 is 33.0 Å². The summed E-state index contributed by atoms with van der Waals surface area (Å²) < 4.78 is 25.4. The monoisotopic (exact) mass is 643 g/mol. The molecule has 0 radical (unpaired) electrons. The molecule has 0 aromatic heterocycles. The van der Waals surface area contributed by atoms with Crippen molar-refractivity contribution in [3.8, 4) is 0 Å². The zero-order valence-electron chi connectivity index (χ0n) is 26.1. The van der Waals surface area contributed by atoms with Crippen molar-refractivity contribution in [1.82, 2.24) is 16.0 Å². The van der Waals surface area contributed by atoms with Crippen molar-refractivity contribution in [3.05, 3.63) is 70.5 Å². The van der Waals surface area contributed by atoms with E-state index in [2.05, 4.69) is 16.0 Å². The minimum Gasteiger partial charge on any atom is -0.467 e. The van der Waals surface area contributed by atoms with Crippen molar-refractivity contribution in [2.75, 3.05) is 13.7 Å². The van der Waals surface area contributed by atoms with Crippen LogP contribution in [0.25, 0.3) is 0 Å². The first kappa shape index (κ1) is 34.2. The Balaban J connectivity index is 1.57. The van der Waals surface area contributed by atoms with Crippen LogP contribution in [0.5, 0.6) is 0 Å². The van der Waals surface area contributed by atoms with Gasteiger partial charge in [0, 0.05) is 22.9 Å². The number of methoxy groups -OCH3 is 1. The summed E-state index contributed by atoms with van der Waals surface area (Å²) in [5.74, 6) is -2.15. The number of nitrogens with one attached hydrogen (secondary N) is 3. The lowest BCUT2D eigenvalue weighted by atomic mass is 9.76. The second-order valence-electron chi connectivity index (χ2n) is 12.6. The van der Waals surface area contributed by atoms with E-state index in [-0.39, 0.29) is 18.2 Å². The summed E-state index contributed by atoms with van der Waals surface area (Å²) >= 11 is 6.28. The van der Waals surface area contributed by atoms with Gasteiger partial charge in [-0.2, -0.15) is 0 Å². The zero-order chi connectivity index (χ0) is 32.6. The van der Waals surface area contributed by atoms with Gasteiger partial charge in [0.25, 0.3) is 0 Å². The number of amides is 3. The second kappa shape index (κ2) is 15.6. The van der Waals surface area contributed by atoms with Gasteiger partial charge in [-0.3, -0.25) is 9.59 Å². The number of carbonyl (C=O) groups is 4. The van der Waals surface area contributed by atoms with Gasteiger partial charge >= 0.3 is 12.1 Å². The van der Waals surface area contributed by atoms with Gasteiger partial charge in [0.05, 0.1) is 7.11 Å². The third kappa shape index (κ3) is 9.19. The van der Waals surface area contributed by atoms with Crippen molar-refractivity contribution in [2.45, 2.75) is 88.8 Å². The fourth-order valence-electron chi connectivity index (χ4n) is 6.40. The van der Waals surface area contributed by atoms with Crippen LogP contribution in [0.1, 0.15) is 82.4 Å². The Morgan fingerprint density at radius 2 is 1.73 bits per heavy atom. The van der Waals surface area contributed by atoms with Crippen molar-refractivity contribution in [1.29, 1.82) is 0 Å². The van der Waals surface area contributed by atoms with E-state index in [1.807, 2.05) is 19.9 Å². The molecule has 1 heterocycles. The van der Waals surface area contributed by atoms with Crippen LogP contribution in [0, 0.1) is 17.7 Å². The summed E-state index contributed by atoms with van der Waals surface area (Å²) in [6.45, 7) is 4.24. The van der Waals surface area contributed by atoms with Gasteiger partial charge in [-0.15, -0.1) is 0 Å². The predicted octanol–water partition coefficient (Wildman–Crippen LogP) is 5.75. The van der Waals surface area contributed by atoms with Gasteiger partial charge in [0.15, 0.2) is 0 Å². The summed E-state index contributed by atoms with van der Waals surface area (Å²) in [6, 6.07) is 10.9. The summed E-state index contributed by atoms with van der Waals surface area (Å²) in [5, 5.41) is 8.74. The maximum atomic E-state index is 14.4. The van der Waals surface area contributed by atoms with Crippen LogP contribution in [0.4, 0.5) is 9.18 Å². The Kier molecular flexibility index (Phi) is 11.8. The molecule has 2 aliphatic rings. The number of esters is 1. The number of rotatable bonds is 12.